The van der Waals surface area contributed by atoms with Gasteiger partial charge in [0.1, 0.15) is 0 Å². The molecule has 2 heteroatoms. The maximum atomic E-state index is 3.47. The van der Waals surface area contributed by atoms with Crippen molar-refractivity contribution in [3.63, 3.8) is 0 Å². The maximum absolute atomic E-state index is 3.47. The van der Waals surface area contributed by atoms with Gasteiger partial charge in [-0.2, -0.15) is 0 Å². The van der Waals surface area contributed by atoms with Crippen molar-refractivity contribution in [2.75, 3.05) is 13.6 Å². The lowest BCUT2D eigenvalue weighted by Crippen LogP contribution is -2.48. The summed E-state index contributed by atoms with van der Waals surface area (Å²) in [6.07, 6.45) is 11.7. The topological polar surface area (TPSA) is 15.3 Å². The molecule has 0 aromatic heterocycles. The molecule has 1 N–H and O–H groups in total. The van der Waals surface area contributed by atoms with E-state index in [4.69, 9.17) is 0 Å². The quantitative estimate of drug-likeness (QED) is 0.772. The first-order valence-electron chi connectivity index (χ1n) is 7.31. The summed E-state index contributed by atoms with van der Waals surface area (Å²) in [6, 6.07) is 2.67. The average molecular weight is 222 g/mol. The minimum absolute atomic E-state index is 0.798. The summed E-state index contributed by atoms with van der Waals surface area (Å²) in [5.41, 5.74) is 0. The van der Waals surface area contributed by atoms with E-state index in [1.54, 1.807) is 0 Å². The zero-order valence-corrected chi connectivity index (χ0v) is 10.6. The summed E-state index contributed by atoms with van der Waals surface area (Å²) in [5.74, 6) is 1.06. The first kappa shape index (κ1) is 11.0. The number of piperidine rings is 1. The molecule has 0 aromatic rings. The molecular weight excluding hydrogens is 196 g/mol. The van der Waals surface area contributed by atoms with E-state index in [-0.39, 0.29) is 0 Å². The Morgan fingerprint density at radius 1 is 1.00 bits per heavy atom. The van der Waals surface area contributed by atoms with Crippen LogP contribution in [0, 0.1) is 5.92 Å². The minimum atomic E-state index is 0.798. The Morgan fingerprint density at radius 2 is 1.88 bits per heavy atom. The lowest BCUT2D eigenvalue weighted by atomic mass is 9.90. The summed E-state index contributed by atoms with van der Waals surface area (Å²) in [6.45, 7) is 1.39. The summed E-state index contributed by atoms with van der Waals surface area (Å²) < 4.78 is 0. The molecule has 0 amide bonds. The van der Waals surface area contributed by atoms with E-state index < -0.39 is 0 Å². The van der Waals surface area contributed by atoms with Crippen LogP contribution in [0.3, 0.4) is 0 Å². The Hall–Kier alpha value is -0.0800. The second kappa shape index (κ2) is 4.66. The van der Waals surface area contributed by atoms with E-state index in [9.17, 15) is 0 Å². The molecule has 2 nitrogen and oxygen atoms in total. The maximum Gasteiger partial charge on any atom is 0.0126 e. The normalized spacial score (nSPS) is 44.8. The third-order valence-electron chi connectivity index (χ3n) is 5.32. The fourth-order valence-electron chi connectivity index (χ4n) is 4.47. The van der Waals surface area contributed by atoms with Crippen LogP contribution in [0.1, 0.15) is 51.4 Å². The van der Waals surface area contributed by atoms with Crippen LogP contribution in [-0.4, -0.2) is 36.6 Å². The van der Waals surface area contributed by atoms with Crippen molar-refractivity contribution < 1.29 is 0 Å². The van der Waals surface area contributed by atoms with Crippen molar-refractivity contribution in [1.82, 2.24) is 10.2 Å². The number of likely N-dealkylation sites (tertiary alicyclic amines) is 1. The van der Waals surface area contributed by atoms with Crippen molar-refractivity contribution >= 4 is 0 Å². The van der Waals surface area contributed by atoms with Gasteiger partial charge in [-0.1, -0.05) is 6.42 Å². The summed E-state index contributed by atoms with van der Waals surface area (Å²) in [5, 5.41) is 3.47. The number of nitrogens with zero attached hydrogens (tertiary/aromatic N) is 1. The molecule has 4 unspecified atom stereocenters. The smallest absolute Gasteiger partial charge is 0.0126 e. The zero-order chi connectivity index (χ0) is 11.0. The first-order chi connectivity index (χ1) is 7.88. The van der Waals surface area contributed by atoms with Crippen molar-refractivity contribution in [3.05, 3.63) is 0 Å². The fraction of sp³-hybridized carbons (Fsp3) is 1.00. The third-order valence-corrected chi connectivity index (χ3v) is 5.32. The Balaban J connectivity index is 1.65. The SMILES string of the molecule is CNC1CCC(N2CCCC3CCCC32)C1. The van der Waals surface area contributed by atoms with Gasteiger partial charge in [-0.25, -0.2) is 0 Å². The molecule has 2 aliphatic carbocycles. The second-order valence-electron chi connectivity index (χ2n) is 6.09. The summed E-state index contributed by atoms with van der Waals surface area (Å²) >= 11 is 0. The van der Waals surface area contributed by atoms with Crippen molar-refractivity contribution in [1.29, 1.82) is 0 Å². The number of hydrogen-bond acceptors (Lipinski definition) is 2. The molecule has 2 saturated carbocycles. The van der Waals surface area contributed by atoms with E-state index in [1.807, 2.05) is 0 Å². The van der Waals surface area contributed by atoms with Crippen LogP contribution >= 0.6 is 0 Å². The highest BCUT2D eigenvalue weighted by atomic mass is 15.2. The van der Waals surface area contributed by atoms with Gasteiger partial charge in [-0.05, 0) is 64.5 Å². The first-order valence-corrected chi connectivity index (χ1v) is 7.31. The Bertz CT molecular complexity index is 241. The molecule has 1 heterocycles. The van der Waals surface area contributed by atoms with Gasteiger partial charge in [-0.15, -0.1) is 0 Å². The zero-order valence-electron chi connectivity index (χ0n) is 10.6. The molecule has 3 rings (SSSR count). The van der Waals surface area contributed by atoms with Gasteiger partial charge in [0, 0.05) is 18.1 Å². The molecule has 16 heavy (non-hydrogen) atoms. The standard InChI is InChI=1S/C14H26N2/c1-15-12-7-8-13(10-12)16-9-3-5-11-4-2-6-14(11)16/h11-15H,2-10H2,1H3. The van der Waals surface area contributed by atoms with Crippen molar-refractivity contribution in [2.24, 2.45) is 5.92 Å². The van der Waals surface area contributed by atoms with Gasteiger partial charge >= 0.3 is 0 Å². The Morgan fingerprint density at radius 3 is 2.69 bits per heavy atom. The van der Waals surface area contributed by atoms with E-state index in [2.05, 4.69) is 17.3 Å². The van der Waals surface area contributed by atoms with Crippen LogP contribution in [0.4, 0.5) is 0 Å². The largest absolute Gasteiger partial charge is 0.317 e. The third kappa shape index (κ3) is 1.91. The molecule has 1 aliphatic heterocycles. The molecule has 3 aliphatic rings. The van der Waals surface area contributed by atoms with Crippen LogP contribution in [0.5, 0.6) is 0 Å². The van der Waals surface area contributed by atoms with Crippen molar-refractivity contribution in [2.45, 2.75) is 69.5 Å². The lowest BCUT2D eigenvalue weighted by molar-refractivity contribution is 0.0689. The molecule has 0 radical (unpaired) electrons. The molecule has 1 saturated heterocycles. The van der Waals surface area contributed by atoms with Crippen LogP contribution < -0.4 is 5.32 Å². The van der Waals surface area contributed by atoms with Gasteiger partial charge in [0.25, 0.3) is 0 Å². The highest BCUT2D eigenvalue weighted by Gasteiger charge is 2.40. The molecule has 0 bridgehead atoms. The van der Waals surface area contributed by atoms with Crippen LogP contribution in [0.25, 0.3) is 0 Å². The van der Waals surface area contributed by atoms with Gasteiger partial charge in [0.05, 0.1) is 0 Å². The number of hydrogen-bond donors (Lipinski definition) is 1. The number of rotatable bonds is 2. The molecule has 92 valence electrons. The van der Waals surface area contributed by atoms with E-state index >= 15 is 0 Å². The fourth-order valence-corrected chi connectivity index (χ4v) is 4.47. The van der Waals surface area contributed by atoms with E-state index in [0.717, 1.165) is 24.0 Å². The second-order valence-corrected chi connectivity index (χ2v) is 6.09. The number of nitrogens with one attached hydrogen (secondary N) is 1. The highest BCUT2D eigenvalue weighted by molar-refractivity contribution is 4.95. The Kier molecular flexibility index (Phi) is 3.21. The van der Waals surface area contributed by atoms with Gasteiger partial charge in [0.15, 0.2) is 0 Å². The van der Waals surface area contributed by atoms with E-state index in [1.165, 1.54) is 57.9 Å². The number of fused-ring (bicyclic) bond motifs is 1. The average Bonchev–Trinajstić information content (AvgIpc) is 2.97. The lowest BCUT2D eigenvalue weighted by Gasteiger charge is -2.41. The Labute approximate surface area is 99.8 Å². The predicted molar refractivity (Wildman–Crippen MR) is 67.6 cm³/mol. The monoisotopic (exact) mass is 222 g/mol. The molecule has 0 spiro atoms. The van der Waals surface area contributed by atoms with E-state index in [0.29, 0.717) is 0 Å². The van der Waals surface area contributed by atoms with Gasteiger partial charge < -0.3 is 5.32 Å². The van der Waals surface area contributed by atoms with Crippen LogP contribution in [0.15, 0.2) is 0 Å². The predicted octanol–water partition coefficient (Wildman–Crippen LogP) is 2.39. The van der Waals surface area contributed by atoms with Crippen LogP contribution in [0.2, 0.25) is 0 Å². The molecule has 3 fully saturated rings. The van der Waals surface area contributed by atoms with Gasteiger partial charge in [0.2, 0.25) is 0 Å². The summed E-state index contributed by atoms with van der Waals surface area (Å²) in [7, 11) is 2.13. The van der Waals surface area contributed by atoms with Crippen LogP contribution in [-0.2, 0) is 0 Å². The molecule has 0 aromatic carbocycles. The molecular formula is C14H26N2. The minimum Gasteiger partial charge on any atom is -0.317 e. The highest BCUT2D eigenvalue weighted by Crippen LogP contribution is 2.40. The van der Waals surface area contributed by atoms with Gasteiger partial charge in [-0.3, -0.25) is 4.90 Å². The summed E-state index contributed by atoms with van der Waals surface area (Å²) in [4.78, 5) is 2.90. The van der Waals surface area contributed by atoms with Crippen molar-refractivity contribution in [3.8, 4) is 0 Å². The molecule has 4 atom stereocenters.